The van der Waals surface area contributed by atoms with E-state index in [9.17, 15) is 4.79 Å². The lowest BCUT2D eigenvalue weighted by atomic mass is 9.73. The minimum atomic E-state index is -0.558. The van der Waals surface area contributed by atoms with Crippen LogP contribution in [0.4, 0.5) is 0 Å². The van der Waals surface area contributed by atoms with E-state index in [1.54, 1.807) is 11.3 Å². The van der Waals surface area contributed by atoms with Crippen LogP contribution in [0.5, 0.6) is 0 Å². The molecule has 0 spiro atoms. The summed E-state index contributed by atoms with van der Waals surface area (Å²) >= 11 is 1.68. The molecule has 0 saturated heterocycles. The fourth-order valence-corrected chi connectivity index (χ4v) is 2.83. The summed E-state index contributed by atoms with van der Waals surface area (Å²) in [6, 6.07) is 2.09. The quantitative estimate of drug-likeness (QED) is 0.774. The number of ether oxygens (including phenoxy) is 1. The molecule has 0 aliphatic carbocycles. The van der Waals surface area contributed by atoms with Crippen molar-refractivity contribution in [2.45, 2.75) is 33.6 Å². The highest BCUT2D eigenvalue weighted by Crippen LogP contribution is 2.33. The van der Waals surface area contributed by atoms with Crippen molar-refractivity contribution in [3.8, 4) is 0 Å². The molecule has 0 aliphatic rings. The number of esters is 1. The molecule has 1 aromatic heterocycles. The van der Waals surface area contributed by atoms with Crippen LogP contribution in [0.2, 0.25) is 0 Å². The van der Waals surface area contributed by atoms with Crippen LogP contribution < -0.4 is 5.73 Å². The molecule has 0 bridgehead atoms. The highest BCUT2D eigenvalue weighted by molar-refractivity contribution is 7.07. The summed E-state index contributed by atoms with van der Waals surface area (Å²) < 4.78 is 5.21. The SMILES string of the molecule is CCOC(=O)C(CN)(CCc1ccsc1)C(C)C. The zero-order chi connectivity index (χ0) is 13.6. The van der Waals surface area contributed by atoms with Gasteiger partial charge < -0.3 is 10.5 Å². The molecule has 2 N–H and O–H groups in total. The molecule has 3 nitrogen and oxygen atoms in total. The van der Waals surface area contributed by atoms with Gasteiger partial charge in [0, 0.05) is 6.54 Å². The molecule has 1 unspecified atom stereocenters. The molecule has 0 aromatic carbocycles. The van der Waals surface area contributed by atoms with Gasteiger partial charge in [-0.1, -0.05) is 13.8 Å². The maximum absolute atomic E-state index is 12.2. The number of thiophene rings is 1. The zero-order valence-electron chi connectivity index (χ0n) is 11.4. The number of carbonyl (C=O) groups is 1. The molecule has 0 amide bonds. The van der Waals surface area contributed by atoms with Gasteiger partial charge in [-0.15, -0.1) is 0 Å². The van der Waals surface area contributed by atoms with Crippen LogP contribution in [-0.4, -0.2) is 19.1 Å². The summed E-state index contributed by atoms with van der Waals surface area (Å²) in [5.74, 6) is 0.0258. The molecule has 1 aromatic rings. The number of hydrogen-bond acceptors (Lipinski definition) is 4. The summed E-state index contributed by atoms with van der Waals surface area (Å²) in [5.41, 5.74) is 6.59. The van der Waals surface area contributed by atoms with Gasteiger partial charge in [0.05, 0.1) is 12.0 Å². The Hall–Kier alpha value is -0.870. The van der Waals surface area contributed by atoms with Crippen molar-refractivity contribution in [2.24, 2.45) is 17.1 Å². The molecule has 18 heavy (non-hydrogen) atoms. The van der Waals surface area contributed by atoms with Crippen LogP contribution in [0.1, 0.15) is 32.8 Å². The van der Waals surface area contributed by atoms with E-state index in [0.29, 0.717) is 13.2 Å². The molecule has 102 valence electrons. The molecule has 1 atom stereocenters. The first-order chi connectivity index (χ1) is 8.56. The number of rotatable bonds is 7. The zero-order valence-corrected chi connectivity index (χ0v) is 12.3. The van der Waals surface area contributed by atoms with Crippen LogP contribution in [0.15, 0.2) is 16.8 Å². The van der Waals surface area contributed by atoms with Gasteiger partial charge in [-0.25, -0.2) is 0 Å². The van der Waals surface area contributed by atoms with E-state index in [1.807, 2.05) is 20.8 Å². The molecule has 0 saturated carbocycles. The van der Waals surface area contributed by atoms with Crippen molar-refractivity contribution in [1.82, 2.24) is 0 Å². The van der Waals surface area contributed by atoms with E-state index in [-0.39, 0.29) is 11.9 Å². The van der Waals surface area contributed by atoms with Crippen molar-refractivity contribution in [1.29, 1.82) is 0 Å². The Morgan fingerprint density at radius 1 is 1.56 bits per heavy atom. The minimum absolute atomic E-state index is 0.155. The van der Waals surface area contributed by atoms with Crippen LogP contribution in [-0.2, 0) is 16.0 Å². The Bertz CT molecular complexity index is 362. The van der Waals surface area contributed by atoms with Crippen molar-refractivity contribution in [3.63, 3.8) is 0 Å². The second-order valence-corrected chi connectivity index (χ2v) is 5.65. The monoisotopic (exact) mass is 269 g/mol. The molecule has 0 fully saturated rings. The molecule has 0 radical (unpaired) electrons. The first kappa shape index (κ1) is 15.2. The van der Waals surface area contributed by atoms with E-state index in [4.69, 9.17) is 10.5 Å². The number of nitrogens with two attached hydrogens (primary N) is 1. The van der Waals surface area contributed by atoms with E-state index in [2.05, 4.69) is 16.8 Å². The van der Waals surface area contributed by atoms with Crippen molar-refractivity contribution in [2.75, 3.05) is 13.2 Å². The lowest BCUT2D eigenvalue weighted by Gasteiger charge is -2.33. The Morgan fingerprint density at radius 2 is 2.28 bits per heavy atom. The fourth-order valence-electron chi connectivity index (χ4n) is 2.12. The van der Waals surface area contributed by atoms with Crippen molar-refractivity contribution < 1.29 is 9.53 Å². The predicted molar refractivity (Wildman–Crippen MR) is 75.6 cm³/mol. The van der Waals surface area contributed by atoms with Gasteiger partial charge in [0.25, 0.3) is 0 Å². The van der Waals surface area contributed by atoms with E-state index in [0.717, 1.165) is 12.8 Å². The van der Waals surface area contributed by atoms with Crippen LogP contribution >= 0.6 is 11.3 Å². The van der Waals surface area contributed by atoms with Gasteiger partial charge in [0.1, 0.15) is 0 Å². The molecular weight excluding hydrogens is 246 g/mol. The van der Waals surface area contributed by atoms with Gasteiger partial charge in [0.2, 0.25) is 0 Å². The van der Waals surface area contributed by atoms with Gasteiger partial charge >= 0.3 is 5.97 Å². The molecule has 1 heterocycles. The summed E-state index contributed by atoms with van der Waals surface area (Å²) in [6.07, 6.45) is 1.62. The second-order valence-electron chi connectivity index (χ2n) is 4.87. The van der Waals surface area contributed by atoms with Gasteiger partial charge in [0.15, 0.2) is 0 Å². The normalized spacial score (nSPS) is 14.5. The Labute approximate surface area is 113 Å². The average Bonchev–Trinajstić information content (AvgIpc) is 2.83. The van der Waals surface area contributed by atoms with Gasteiger partial charge in [-0.3, -0.25) is 4.79 Å². The Morgan fingerprint density at radius 3 is 2.72 bits per heavy atom. The number of aryl methyl sites for hydroxylation is 1. The largest absolute Gasteiger partial charge is 0.466 e. The molecule has 4 heteroatoms. The standard InChI is InChI=1S/C14H23NO2S/c1-4-17-13(16)14(10-15,11(2)3)7-5-12-6-8-18-9-12/h6,8-9,11H,4-5,7,10,15H2,1-3H3. The lowest BCUT2D eigenvalue weighted by Crippen LogP contribution is -2.44. The topological polar surface area (TPSA) is 52.3 Å². The van der Waals surface area contributed by atoms with Crippen LogP contribution in [0.25, 0.3) is 0 Å². The third-order valence-electron chi connectivity index (χ3n) is 3.59. The summed E-state index contributed by atoms with van der Waals surface area (Å²) in [7, 11) is 0. The molecule has 1 rings (SSSR count). The van der Waals surface area contributed by atoms with Gasteiger partial charge in [-0.2, -0.15) is 11.3 Å². The third kappa shape index (κ3) is 3.33. The maximum atomic E-state index is 12.2. The minimum Gasteiger partial charge on any atom is -0.466 e. The Kier molecular flexibility index (Phi) is 5.82. The number of carbonyl (C=O) groups excluding carboxylic acids is 1. The van der Waals surface area contributed by atoms with Crippen LogP contribution in [0.3, 0.4) is 0 Å². The van der Waals surface area contributed by atoms with E-state index >= 15 is 0 Å². The molecular formula is C14H23NO2S. The maximum Gasteiger partial charge on any atom is 0.313 e. The Balaban J connectivity index is 2.79. The van der Waals surface area contributed by atoms with Gasteiger partial charge in [-0.05, 0) is 48.1 Å². The summed E-state index contributed by atoms with van der Waals surface area (Å²) in [6.45, 7) is 6.66. The smallest absolute Gasteiger partial charge is 0.313 e. The first-order valence-corrected chi connectivity index (χ1v) is 7.39. The number of hydrogen-bond donors (Lipinski definition) is 1. The second kappa shape index (κ2) is 6.90. The highest BCUT2D eigenvalue weighted by atomic mass is 32.1. The third-order valence-corrected chi connectivity index (χ3v) is 4.32. The summed E-state index contributed by atoms with van der Waals surface area (Å²) in [5, 5.41) is 4.17. The average molecular weight is 269 g/mol. The van der Waals surface area contributed by atoms with Crippen LogP contribution in [0, 0.1) is 11.3 Å². The first-order valence-electron chi connectivity index (χ1n) is 6.45. The molecule has 0 aliphatic heterocycles. The van der Waals surface area contributed by atoms with E-state index in [1.165, 1.54) is 5.56 Å². The highest BCUT2D eigenvalue weighted by Gasteiger charge is 2.41. The predicted octanol–water partition coefficient (Wildman–Crippen LogP) is 2.84. The van der Waals surface area contributed by atoms with Crippen molar-refractivity contribution in [3.05, 3.63) is 22.4 Å². The van der Waals surface area contributed by atoms with E-state index < -0.39 is 5.41 Å². The fraction of sp³-hybridized carbons (Fsp3) is 0.643. The van der Waals surface area contributed by atoms with Crippen molar-refractivity contribution >= 4 is 17.3 Å². The summed E-state index contributed by atoms with van der Waals surface area (Å²) in [4.78, 5) is 12.2. The lowest BCUT2D eigenvalue weighted by molar-refractivity contribution is -0.158.